The van der Waals surface area contributed by atoms with E-state index in [9.17, 15) is 9.59 Å². The second kappa shape index (κ2) is 8.99. The molecule has 0 saturated carbocycles. The number of hydrogen-bond acceptors (Lipinski definition) is 3. The van der Waals surface area contributed by atoms with Crippen molar-refractivity contribution in [2.75, 3.05) is 6.54 Å². The Morgan fingerprint density at radius 1 is 0.893 bits per heavy atom. The molecule has 0 fully saturated rings. The molecule has 0 aliphatic heterocycles. The van der Waals surface area contributed by atoms with Crippen LogP contribution < -0.4 is 10.6 Å². The minimum Gasteiger partial charge on any atom is -0.350 e. The quantitative estimate of drug-likeness (QED) is 0.665. The Labute approximate surface area is 164 Å². The van der Waals surface area contributed by atoms with Crippen molar-refractivity contribution in [3.63, 3.8) is 0 Å². The third kappa shape index (κ3) is 4.85. The van der Waals surface area contributed by atoms with Crippen molar-refractivity contribution in [3.8, 4) is 5.69 Å². The zero-order valence-corrected chi connectivity index (χ0v) is 16.1. The van der Waals surface area contributed by atoms with Crippen LogP contribution in [0.15, 0.2) is 60.7 Å². The fraction of sp³-hybridized carbons (Fsp3) is 0.227. The van der Waals surface area contributed by atoms with Gasteiger partial charge >= 0.3 is 0 Å². The van der Waals surface area contributed by atoms with E-state index in [0.717, 1.165) is 28.2 Å². The summed E-state index contributed by atoms with van der Waals surface area (Å²) in [5.74, 6) is -0.404. The summed E-state index contributed by atoms with van der Waals surface area (Å²) in [5, 5.41) is 10.1. The molecule has 0 atom stereocenters. The molecule has 2 amide bonds. The predicted molar refractivity (Wildman–Crippen MR) is 108 cm³/mol. The molecule has 2 N–H and O–H groups in total. The Morgan fingerprint density at radius 3 is 2.21 bits per heavy atom. The third-order valence-electron chi connectivity index (χ3n) is 4.56. The van der Waals surface area contributed by atoms with E-state index in [1.54, 1.807) is 0 Å². The van der Waals surface area contributed by atoms with Crippen LogP contribution in [0.5, 0.6) is 0 Å². The number of aromatic nitrogens is 2. The number of nitrogens with zero attached hydrogens (tertiary/aromatic N) is 2. The van der Waals surface area contributed by atoms with Crippen molar-refractivity contribution in [3.05, 3.63) is 83.2 Å². The van der Waals surface area contributed by atoms with Gasteiger partial charge in [-0.3, -0.25) is 9.59 Å². The molecule has 3 rings (SSSR count). The van der Waals surface area contributed by atoms with E-state index in [4.69, 9.17) is 0 Å². The summed E-state index contributed by atoms with van der Waals surface area (Å²) in [4.78, 5) is 24.1. The number of aryl methyl sites for hydroxylation is 1. The number of carbonyl (C=O) groups is 2. The number of hydrogen-bond donors (Lipinski definition) is 2. The summed E-state index contributed by atoms with van der Waals surface area (Å²) < 4.78 is 1.87. The van der Waals surface area contributed by atoms with Crippen molar-refractivity contribution in [1.29, 1.82) is 0 Å². The third-order valence-corrected chi connectivity index (χ3v) is 4.56. The van der Waals surface area contributed by atoms with Crippen molar-refractivity contribution >= 4 is 11.8 Å². The van der Waals surface area contributed by atoms with Crippen molar-refractivity contribution in [2.24, 2.45) is 0 Å². The van der Waals surface area contributed by atoms with Crippen LogP contribution in [0.2, 0.25) is 0 Å². The molecule has 0 unspecified atom stereocenters. The van der Waals surface area contributed by atoms with Gasteiger partial charge in [0.1, 0.15) is 0 Å². The summed E-state index contributed by atoms with van der Waals surface area (Å²) >= 11 is 0. The van der Waals surface area contributed by atoms with Crippen LogP contribution in [-0.4, -0.2) is 28.1 Å². The molecule has 0 aliphatic carbocycles. The molecule has 0 spiro atoms. The Morgan fingerprint density at radius 2 is 1.54 bits per heavy atom. The van der Waals surface area contributed by atoms with E-state index >= 15 is 0 Å². The van der Waals surface area contributed by atoms with E-state index in [1.165, 1.54) is 0 Å². The Balaban J connectivity index is 1.52. The minimum absolute atomic E-state index is 0.0451. The second-order valence-corrected chi connectivity index (χ2v) is 6.61. The van der Waals surface area contributed by atoms with Crippen molar-refractivity contribution < 1.29 is 9.59 Å². The maximum Gasteiger partial charge on any atom is 0.239 e. The smallest absolute Gasteiger partial charge is 0.239 e. The van der Waals surface area contributed by atoms with Crippen LogP contribution in [0.25, 0.3) is 5.69 Å². The van der Waals surface area contributed by atoms with Gasteiger partial charge in [0.2, 0.25) is 11.8 Å². The molecular weight excluding hydrogens is 352 g/mol. The minimum atomic E-state index is -0.229. The lowest BCUT2D eigenvalue weighted by Gasteiger charge is -2.08. The largest absolute Gasteiger partial charge is 0.350 e. The van der Waals surface area contributed by atoms with Gasteiger partial charge in [0.15, 0.2) is 0 Å². The zero-order valence-electron chi connectivity index (χ0n) is 16.1. The molecule has 0 saturated heterocycles. The summed E-state index contributed by atoms with van der Waals surface area (Å²) in [6.07, 6.45) is 0.260. The first kappa shape index (κ1) is 19.4. The first-order valence-electron chi connectivity index (χ1n) is 9.22. The van der Waals surface area contributed by atoms with Crippen molar-refractivity contribution in [2.45, 2.75) is 26.8 Å². The average molecular weight is 376 g/mol. The summed E-state index contributed by atoms with van der Waals surface area (Å²) in [6, 6.07) is 19.3. The van der Waals surface area contributed by atoms with Crippen LogP contribution in [0.1, 0.15) is 22.5 Å². The van der Waals surface area contributed by atoms with Gasteiger partial charge in [0.05, 0.1) is 24.3 Å². The summed E-state index contributed by atoms with van der Waals surface area (Å²) in [7, 11) is 0. The number of para-hydroxylation sites is 1. The Hall–Kier alpha value is -3.41. The van der Waals surface area contributed by atoms with E-state index < -0.39 is 0 Å². The van der Waals surface area contributed by atoms with Crippen LogP contribution in [-0.2, 0) is 22.6 Å². The number of amides is 2. The van der Waals surface area contributed by atoms with Crippen molar-refractivity contribution in [1.82, 2.24) is 20.4 Å². The average Bonchev–Trinajstić information content (AvgIpc) is 3.00. The van der Waals surface area contributed by atoms with Crippen LogP contribution >= 0.6 is 0 Å². The Kier molecular flexibility index (Phi) is 6.22. The molecule has 6 heteroatoms. The highest BCUT2D eigenvalue weighted by atomic mass is 16.2. The van der Waals surface area contributed by atoms with Gasteiger partial charge in [0, 0.05) is 17.8 Å². The van der Waals surface area contributed by atoms with Crippen LogP contribution in [0, 0.1) is 13.8 Å². The lowest BCUT2D eigenvalue weighted by atomic mass is 10.1. The maximum atomic E-state index is 12.1. The molecule has 3 aromatic rings. The molecule has 28 heavy (non-hydrogen) atoms. The van der Waals surface area contributed by atoms with Gasteiger partial charge in [-0.15, -0.1) is 0 Å². The highest BCUT2D eigenvalue weighted by molar-refractivity contribution is 5.85. The first-order chi connectivity index (χ1) is 13.5. The number of nitrogens with one attached hydrogen (secondary N) is 2. The van der Waals surface area contributed by atoms with Gasteiger partial charge in [-0.1, -0.05) is 48.5 Å². The van der Waals surface area contributed by atoms with E-state index in [2.05, 4.69) is 15.7 Å². The molecule has 1 aromatic heterocycles. The molecule has 6 nitrogen and oxygen atoms in total. The SMILES string of the molecule is Cc1nn(-c2ccccc2)c(C)c1CNC(=O)CNC(=O)Cc1ccccc1. The lowest BCUT2D eigenvalue weighted by Crippen LogP contribution is -2.37. The van der Waals surface area contributed by atoms with E-state index in [0.29, 0.717) is 6.54 Å². The lowest BCUT2D eigenvalue weighted by molar-refractivity contribution is -0.125. The molecule has 0 aliphatic rings. The highest BCUT2D eigenvalue weighted by Gasteiger charge is 2.14. The number of rotatable bonds is 7. The monoisotopic (exact) mass is 376 g/mol. The van der Waals surface area contributed by atoms with Gasteiger partial charge in [-0.2, -0.15) is 5.10 Å². The van der Waals surface area contributed by atoms with Gasteiger partial charge < -0.3 is 10.6 Å². The van der Waals surface area contributed by atoms with Crippen LogP contribution in [0.4, 0.5) is 0 Å². The molecule has 0 radical (unpaired) electrons. The van der Waals surface area contributed by atoms with Gasteiger partial charge in [-0.05, 0) is 31.5 Å². The predicted octanol–water partition coefficient (Wildman–Crippen LogP) is 2.46. The Bertz CT molecular complexity index is 949. The van der Waals surface area contributed by atoms with Gasteiger partial charge in [0.25, 0.3) is 0 Å². The number of carbonyl (C=O) groups excluding carboxylic acids is 2. The molecule has 2 aromatic carbocycles. The standard InChI is InChI=1S/C22H24N4O2/c1-16-20(17(2)26(25-16)19-11-7-4-8-12-19)14-23-22(28)15-24-21(27)13-18-9-5-3-6-10-18/h3-12H,13-15H2,1-2H3,(H,23,28)(H,24,27). The van der Waals surface area contributed by atoms with Gasteiger partial charge in [-0.25, -0.2) is 4.68 Å². The van der Waals surface area contributed by atoms with Crippen LogP contribution in [0.3, 0.4) is 0 Å². The fourth-order valence-corrected chi connectivity index (χ4v) is 3.02. The molecule has 1 heterocycles. The first-order valence-corrected chi connectivity index (χ1v) is 9.22. The molecule has 0 bridgehead atoms. The van der Waals surface area contributed by atoms with E-state index in [1.807, 2.05) is 79.2 Å². The maximum absolute atomic E-state index is 12.1. The number of benzene rings is 2. The van der Waals surface area contributed by atoms with E-state index in [-0.39, 0.29) is 24.8 Å². The normalized spacial score (nSPS) is 10.5. The topological polar surface area (TPSA) is 76.0 Å². The summed E-state index contributed by atoms with van der Waals surface area (Å²) in [5.41, 5.74) is 4.73. The highest BCUT2D eigenvalue weighted by Crippen LogP contribution is 2.17. The molecule has 144 valence electrons. The summed E-state index contributed by atoms with van der Waals surface area (Å²) in [6.45, 7) is 4.24. The molecular formula is C22H24N4O2. The fourth-order valence-electron chi connectivity index (χ4n) is 3.02. The zero-order chi connectivity index (χ0) is 19.9. The second-order valence-electron chi connectivity index (χ2n) is 6.61.